The number of amides is 2. The molecule has 3 rings (SSSR count). The maximum absolute atomic E-state index is 12.8. The van der Waals surface area contributed by atoms with Crippen molar-refractivity contribution in [3.63, 3.8) is 0 Å². The van der Waals surface area contributed by atoms with Crippen LogP contribution in [0.3, 0.4) is 0 Å². The minimum atomic E-state index is 0.0121. The van der Waals surface area contributed by atoms with Crippen LogP contribution in [0.5, 0.6) is 5.75 Å². The maximum atomic E-state index is 12.8. The standard InChI is InChI=1S/C22H25BrN2O3/c23-20-11-5-4-10-19(20)22(27)25-14-7-13-24(15-16-25)21(26)12-6-17-28-18-8-2-1-3-9-18/h1-5,8-11H,6-7,12-17H2. The van der Waals surface area contributed by atoms with Crippen molar-refractivity contribution in [1.29, 1.82) is 0 Å². The first-order chi connectivity index (χ1) is 13.6. The number of benzene rings is 2. The number of para-hydroxylation sites is 1. The van der Waals surface area contributed by atoms with Crippen LogP contribution in [-0.2, 0) is 4.79 Å². The molecule has 0 aromatic heterocycles. The second-order valence-electron chi connectivity index (χ2n) is 6.77. The largest absolute Gasteiger partial charge is 0.494 e. The van der Waals surface area contributed by atoms with Crippen LogP contribution in [0.15, 0.2) is 59.1 Å². The third kappa shape index (κ3) is 5.58. The number of nitrogens with zero attached hydrogens (tertiary/aromatic N) is 2. The number of carbonyl (C=O) groups excluding carboxylic acids is 2. The van der Waals surface area contributed by atoms with Gasteiger partial charge in [0.15, 0.2) is 0 Å². The summed E-state index contributed by atoms with van der Waals surface area (Å²) in [7, 11) is 0. The van der Waals surface area contributed by atoms with Gasteiger partial charge >= 0.3 is 0 Å². The molecule has 5 nitrogen and oxygen atoms in total. The molecule has 0 unspecified atom stereocenters. The molecular weight excluding hydrogens is 420 g/mol. The monoisotopic (exact) mass is 444 g/mol. The molecule has 28 heavy (non-hydrogen) atoms. The van der Waals surface area contributed by atoms with Crippen molar-refractivity contribution in [2.24, 2.45) is 0 Å². The minimum Gasteiger partial charge on any atom is -0.494 e. The highest BCUT2D eigenvalue weighted by atomic mass is 79.9. The normalized spacial score (nSPS) is 14.5. The molecule has 0 aliphatic carbocycles. The Morgan fingerprint density at radius 2 is 1.57 bits per heavy atom. The Morgan fingerprint density at radius 3 is 2.36 bits per heavy atom. The second kappa shape index (κ2) is 10.3. The van der Waals surface area contributed by atoms with Gasteiger partial charge in [0.2, 0.25) is 5.91 Å². The minimum absolute atomic E-state index is 0.0121. The fraction of sp³-hybridized carbons (Fsp3) is 0.364. The van der Waals surface area contributed by atoms with E-state index in [0.29, 0.717) is 51.2 Å². The van der Waals surface area contributed by atoms with Gasteiger partial charge in [0.05, 0.1) is 12.2 Å². The summed E-state index contributed by atoms with van der Waals surface area (Å²) in [5.41, 5.74) is 0.667. The lowest BCUT2D eigenvalue weighted by Gasteiger charge is -2.22. The van der Waals surface area contributed by atoms with E-state index in [2.05, 4.69) is 15.9 Å². The molecule has 1 fully saturated rings. The first kappa shape index (κ1) is 20.4. The second-order valence-corrected chi connectivity index (χ2v) is 7.63. The number of ether oxygens (including phenoxy) is 1. The molecule has 1 aliphatic heterocycles. The summed E-state index contributed by atoms with van der Waals surface area (Å²) in [5, 5.41) is 0. The van der Waals surface area contributed by atoms with Crippen molar-refractivity contribution in [3.05, 3.63) is 64.6 Å². The molecule has 6 heteroatoms. The molecule has 0 N–H and O–H groups in total. The van der Waals surface area contributed by atoms with E-state index in [9.17, 15) is 9.59 Å². The lowest BCUT2D eigenvalue weighted by Crippen LogP contribution is -2.37. The highest BCUT2D eigenvalue weighted by molar-refractivity contribution is 9.10. The van der Waals surface area contributed by atoms with E-state index in [-0.39, 0.29) is 11.8 Å². The zero-order chi connectivity index (χ0) is 19.8. The van der Waals surface area contributed by atoms with Crippen LogP contribution in [0.25, 0.3) is 0 Å². The molecule has 1 aliphatic rings. The van der Waals surface area contributed by atoms with Gasteiger partial charge in [0.1, 0.15) is 5.75 Å². The van der Waals surface area contributed by atoms with Crippen molar-refractivity contribution in [2.75, 3.05) is 32.8 Å². The van der Waals surface area contributed by atoms with Gasteiger partial charge in [-0.2, -0.15) is 0 Å². The van der Waals surface area contributed by atoms with Crippen LogP contribution >= 0.6 is 15.9 Å². The van der Waals surface area contributed by atoms with Crippen LogP contribution < -0.4 is 4.74 Å². The number of hydrogen-bond donors (Lipinski definition) is 0. The van der Waals surface area contributed by atoms with Gasteiger partial charge < -0.3 is 14.5 Å². The summed E-state index contributed by atoms with van der Waals surface area (Å²) in [6, 6.07) is 17.1. The van der Waals surface area contributed by atoms with Gasteiger partial charge in [0, 0.05) is 37.1 Å². The van der Waals surface area contributed by atoms with Crippen LogP contribution in [-0.4, -0.2) is 54.4 Å². The van der Waals surface area contributed by atoms with Crippen LogP contribution in [0.2, 0.25) is 0 Å². The molecule has 0 spiro atoms. The third-order valence-corrected chi connectivity index (χ3v) is 5.48. The number of rotatable bonds is 6. The molecule has 2 aromatic rings. The summed E-state index contributed by atoms with van der Waals surface area (Å²) in [6.07, 6.45) is 1.94. The Morgan fingerprint density at radius 1 is 0.893 bits per heavy atom. The highest BCUT2D eigenvalue weighted by Gasteiger charge is 2.23. The molecule has 148 valence electrons. The van der Waals surface area contributed by atoms with E-state index in [1.54, 1.807) is 0 Å². The molecule has 0 atom stereocenters. The summed E-state index contributed by atoms with van der Waals surface area (Å²) in [5.74, 6) is 0.968. The predicted molar refractivity (Wildman–Crippen MR) is 112 cm³/mol. The number of carbonyl (C=O) groups is 2. The molecule has 1 saturated heterocycles. The fourth-order valence-corrected chi connectivity index (χ4v) is 3.72. The Labute approximate surface area is 174 Å². The smallest absolute Gasteiger partial charge is 0.255 e. The van der Waals surface area contributed by atoms with E-state index in [4.69, 9.17) is 4.74 Å². The topological polar surface area (TPSA) is 49.9 Å². The van der Waals surface area contributed by atoms with Gasteiger partial charge in [0.25, 0.3) is 5.91 Å². The Balaban J connectivity index is 1.44. The first-order valence-electron chi connectivity index (χ1n) is 9.64. The molecule has 2 amide bonds. The summed E-state index contributed by atoms with van der Waals surface area (Å²) in [6.45, 7) is 3.02. The first-order valence-corrected chi connectivity index (χ1v) is 10.4. The third-order valence-electron chi connectivity index (χ3n) is 4.79. The lowest BCUT2D eigenvalue weighted by molar-refractivity contribution is -0.131. The highest BCUT2D eigenvalue weighted by Crippen LogP contribution is 2.19. The van der Waals surface area contributed by atoms with Crippen molar-refractivity contribution in [1.82, 2.24) is 9.80 Å². The van der Waals surface area contributed by atoms with Crippen LogP contribution in [0.4, 0.5) is 0 Å². The quantitative estimate of drug-likeness (QED) is 0.632. The zero-order valence-corrected chi connectivity index (χ0v) is 17.4. The van der Waals surface area contributed by atoms with E-state index >= 15 is 0 Å². The Bertz CT molecular complexity index is 797. The van der Waals surface area contributed by atoms with Crippen molar-refractivity contribution >= 4 is 27.7 Å². The molecule has 2 aromatic carbocycles. The lowest BCUT2D eigenvalue weighted by atomic mass is 10.2. The Kier molecular flexibility index (Phi) is 7.48. The predicted octanol–water partition coefficient (Wildman–Crippen LogP) is 3.98. The zero-order valence-electron chi connectivity index (χ0n) is 15.9. The summed E-state index contributed by atoms with van der Waals surface area (Å²) in [4.78, 5) is 29.0. The SMILES string of the molecule is O=C(CCCOc1ccccc1)N1CCCN(C(=O)c2ccccc2Br)CC1. The van der Waals surface area contributed by atoms with Crippen molar-refractivity contribution in [2.45, 2.75) is 19.3 Å². The van der Waals surface area contributed by atoms with Crippen LogP contribution in [0.1, 0.15) is 29.6 Å². The van der Waals surface area contributed by atoms with Gasteiger partial charge in [-0.1, -0.05) is 30.3 Å². The molecule has 1 heterocycles. The molecular formula is C22H25BrN2O3. The van der Waals surface area contributed by atoms with Gasteiger partial charge in [-0.15, -0.1) is 0 Å². The van der Waals surface area contributed by atoms with Crippen LogP contribution in [0, 0.1) is 0 Å². The van der Waals surface area contributed by atoms with E-state index < -0.39 is 0 Å². The maximum Gasteiger partial charge on any atom is 0.255 e. The summed E-state index contributed by atoms with van der Waals surface area (Å²) < 4.78 is 6.45. The van der Waals surface area contributed by atoms with Gasteiger partial charge in [-0.05, 0) is 53.0 Å². The van der Waals surface area contributed by atoms with E-state index in [0.717, 1.165) is 16.6 Å². The van der Waals surface area contributed by atoms with Gasteiger partial charge in [-0.25, -0.2) is 0 Å². The molecule has 0 saturated carbocycles. The molecule has 0 bridgehead atoms. The number of halogens is 1. The van der Waals surface area contributed by atoms with Gasteiger partial charge in [-0.3, -0.25) is 9.59 Å². The fourth-order valence-electron chi connectivity index (χ4n) is 3.26. The number of hydrogen-bond acceptors (Lipinski definition) is 3. The van der Waals surface area contributed by atoms with E-state index in [1.165, 1.54) is 0 Å². The van der Waals surface area contributed by atoms with Crippen molar-refractivity contribution in [3.8, 4) is 5.75 Å². The molecule has 0 radical (unpaired) electrons. The Hall–Kier alpha value is -2.34. The average molecular weight is 445 g/mol. The van der Waals surface area contributed by atoms with Crippen molar-refractivity contribution < 1.29 is 14.3 Å². The average Bonchev–Trinajstić information content (AvgIpc) is 2.98. The summed E-state index contributed by atoms with van der Waals surface area (Å²) >= 11 is 3.45. The van der Waals surface area contributed by atoms with E-state index in [1.807, 2.05) is 64.4 Å².